The van der Waals surface area contributed by atoms with E-state index in [1.165, 1.54) is 24.8 Å². The highest BCUT2D eigenvalue weighted by molar-refractivity contribution is 5.26. The van der Waals surface area contributed by atoms with Crippen molar-refractivity contribution in [3.8, 4) is 5.75 Å². The van der Waals surface area contributed by atoms with Crippen molar-refractivity contribution in [2.24, 2.45) is 0 Å². The van der Waals surface area contributed by atoms with Crippen LogP contribution in [0.1, 0.15) is 31.7 Å². The first-order valence-electron chi connectivity index (χ1n) is 7.27. The molecule has 1 heterocycles. The van der Waals surface area contributed by atoms with E-state index in [0.29, 0.717) is 19.2 Å². The van der Waals surface area contributed by atoms with Gasteiger partial charge in [0.05, 0.1) is 0 Å². The Kier molecular flexibility index (Phi) is 5.23. The molecule has 0 saturated carbocycles. The highest BCUT2D eigenvalue weighted by Crippen LogP contribution is 2.17. The van der Waals surface area contributed by atoms with Gasteiger partial charge in [-0.15, -0.1) is 0 Å². The number of hydrogen-bond acceptors (Lipinski definition) is 3. The number of likely N-dealkylation sites (tertiary alicyclic amines) is 1. The van der Waals surface area contributed by atoms with Gasteiger partial charge in [-0.3, -0.25) is 4.90 Å². The van der Waals surface area contributed by atoms with Crippen molar-refractivity contribution in [2.45, 2.75) is 45.3 Å². The number of β-amino-alcohol motifs (C(OH)–C–C–N with tert-alkyl or cyclic N) is 1. The number of benzene rings is 1. The molecule has 1 aromatic carbocycles. The zero-order chi connectivity index (χ0) is 13.7. The minimum Gasteiger partial charge on any atom is -0.491 e. The average Bonchev–Trinajstić information content (AvgIpc) is 2.41. The molecule has 0 unspecified atom stereocenters. The van der Waals surface area contributed by atoms with Crippen molar-refractivity contribution in [1.29, 1.82) is 0 Å². The van der Waals surface area contributed by atoms with Crippen LogP contribution in [0.4, 0.5) is 0 Å². The van der Waals surface area contributed by atoms with Gasteiger partial charge in [-0.2, -0.15) is 0 Å². The summed E-state index contributed by atoms with van der Waals surface area (Å²) in [4.78, 5) is 2.37. The molecule has 1 aromatic rings. The van der Waals surface area contributed by atoms with Gasteiger partial charge in [0.25, 0.3) is 0 Å². The second-order valence-electron chi connectivity index (χ2n) is 5.62. The number of ether oxygens (including phenoxy) is 1. The maximum atomic E-state index is 10.1. The lowest BCUT2D eigenvalue weighted by molar-refractivity contribution is 0.0438. The van der Waals surface area contributed by atoms with E-state index in [0.717, 1.165) is 12.3 Å². The van der Waals surface area contributed by atoms with Crippen molar-refractivity contribution >= 4 is 0 Å². The molecule has 2 atom stereocenters. The molecule has 1 N–H and O–H groups in total. The van der Waals surface area contributed by atoms with Gasteiger partial charge >= 0.3 is 0 Å². The summed E-state index contributed by atoms with van der Waals surface area (Å²) in [7, 11) is 0. The molecule has 0 aromatic heterocycles. The lowest BCUT2D eigenvalue weighted by Crippen LogP contribution is -2.43. The first-order valence-corrected chi connectivity index (χ1v) is 7.27. The van der Waals surface area contributed by atoms with Gasteiger partial charge in [0.1, 0.15) is 18.5 Å². The second kappa shape index (κ2) is 6.92. The summed E-state index contributed by atoms with van der Waals surface area (Å²) in [6.07, 6.45) is 3.39. The van der Waals surface area contributed by atoms with Crippen LogP contribution in [0.3, 0.4) is 0 Å². The maximum Gasteiger partial charge on any atom is 0.119 e. The lowest BCUT2D eigenvalue weighted by Gasteiger charge is -2.34. The van der Waals surface area contributed by atoms with E-state index in [4.69, 9.17) is 4.74 Å². The average molecular weight is 263 g/mol. The van der Waals surface area contributed by atoms with Gasteiger partial charge in [0.15, 0.2) is 0 Å². The van der Waals surface area contributed by atoms with Crippen LogP contribution in [0.5, 0.6) is 5.75 Å². The number of hydrogen-bond donors (Lipinski definition) is 1. The van der Waals surface area contributed by atoms with Crippen LogP contribution in [-0.2, 0) is 0 Å². The van der Waals surface area contributed by atoms with Crippen molar-refractivity contribution in [1.82, 2.24) is 4.90 Å². The molecule has 0 spiro atoms. The minimum atomic E-state index is -0.415. The van der Waals surface area contributed by atoms with Crippen molar-refractivity contribution < 1.29 is 9.84 Å². The molecule has 2 rings (SSSR count). The standard InChI is InChI=1S/C16H25NO2/c1-13-6-8-16(9-7-13)19-12-15(18)11-17-10-4-3-5-14(17)2/h6-9,14-15,18H,3-5,10-12H2,1-2H3/t14-,15+/m1/s1. The highest BCUT2D eigenvalue weighted by atomic mass is 16.5. The van der Waals surface area contributed by atoms with Crippen LogP contribution in [0.15, 0.2) is 24.3 Å². The molecule has 3 nitrogen and oxygen atoms in total. The van der Waals surface area contributed by atoms with Crippen LogP contribution < -0.4 is 4.74 Å². The Hall–Kier alpha value is -1.06. The Morgan fingerprint density at radius 2 is 2.05 bits per heavy atom. The Labute approximate surface area is 116 Å². The summed E-state index contributed by atoms with van der Waals surface area (Å²) < 4.78 is 5.62. The SMILES string of the molecule is Cc1ccc(OC[C@@H](O)CN2CCCC[C@H]2C)cc1. The Morgan fingerprint density at radius 1 is 1.32 bits per heavy atom. The summed E-state index contributed by atoms with van der Waals surface area (Å²) in [6, 6.07) is 8.53. The Morgan fingerprint density at radius 3 is 2.74 bits per heavy atom. The van der Waals surface area contributed by atoms with Crippen LogP contribution in [0, 0.1) is 6.92 Å². The quantitative estimate of drug-likeness (QED) is 0.886. The molecular weight excluding hydrogens is 238 g/mol. The Balaban J connectivity index is 1.74. The smallest absolute Gasteiger partial charge is 0.119 e. The van der Waals surface area contributed by atoms with E-state index in [2.05, 4.69) is 18.7 Å². The third-order valence-corrected chi connectivity index (χ3v) is 3.85. The second-order valence-corrected chi connectivity index (χ2v) is 5.62. The van der Waals surface area contributed by atoms with E-state index in [1.54, 1.807) is 0 Å². The zero-order valence-electron chi connectivity index (χ0n) is 12.0. The normalized spacial score (nSPS) is 22.2. The fourth-order valence-corrected chi connectivity index (χ4v) is 2.58. The molecule has 1 aliphatic heterocycles. The predicted molar refractivity (Wildman–Crippen MR) is 77.6 cm³/mol. The van der Waals surface area contributed by atoms with Gasteiger partial charge in [0, 0.05) is 12.6 Å². The topological polar surface area (TPSA) is 32.7 Å². The fraction of sp³-hybridized carbons (Fsp3) is 0.625. The van der Waals surface area contributed by atoms with Crippen molar-refractivity contribution in [3.05, 3.63) is 29.8 Å². The Bertz CT molecular complexity index is 377. The van der Waals surface area contributed by atoms with Gasteiger partial charge < -0.3 is 9.84 Å². The molecular formula is C16H25NO2. The van der Waals surface area contributed by atoms with Crippen LogP contribution in [-0.4, -0.2) is 41.8 Å². The maximum absolute atomic E-state index is 10.1. The largest absolute Gasteiger partial charge is 0.491 e. The molecule has 106 valence electrons. The van der Waals surface area contributed by atoms with Gasteiger partial charge in [-0.1, -0.05) is 24.1 Å². The first-order chi connectivity index (χ1) is 9.15. The molecule has 1 fully saturated rings. The monoisotopic (exact) mass is 263 g/mol. The third kappa shape index (κ3) is 4.51. The van der Waals surface area contributed by atoms with Crippen LogP contribution >= 0.6 is 0 Å². The van der Waals surface area contributed by atoms with Crippen LogP contribution in [0.2, 0.25) is 0 Å². The molecule has 0 bridgehead atoms. The summed E-state index contributed by atoms with van der Waals surface area (Å²) >= 11 is 0. The number of rotatable bonds is 5. The van der Waals surface area contributed by atoms with Gasteiger partial charge in [-0.05, 0) is 45.4 Å². The highest BCUT2D eigenvalue weighted by Gasteiger charge is 2.20. The summed E-state index contributed by atoms with van der Waals surface area (Å²) in [5.74, 6) is 0.830. The van der Waals surface area contributed by atoms with E-state index in [9.17, 15) is 5.11 Å². The number of nitrogens with zero attached hydrogens (tertiary/aromatic N) is 1. The number of aliphatic hydroxyl groups is 1. The first kappa shape index (κ1) is 14.4. The summed E-state index contributed by atoms with van der Waals surface area (Å²) in [6.45, 7) is 6.48. The van der Waals surface area contributed by atoms with E-state index < -0.39 is 6.10 Å². The molecule has 0 radical (unpaired) electrons. The van der Waals surface area contributed by atoms with E-state index in [-0.39, 0.29) is 0 Å². The lowest BCUT2D eigenvalue weighted by atomic mass is 10.0. The summed E-state index contributed by atoms with van der Waals surface area (Å²) in [5.41, 5.74) is 1.22. The molecule has 0 aliphatic carbocycles. The van der Waals surface area contributed by atoms with E-state index in [1.807, 2.05) is 24.3 Å². The van der Waals surface area contributed by atoms with E-state index >= 15 is 0 Å². The van der Waals surface area contributed by atoms with Crippen LogP contribution in [0.25, 0.3) is 0 Å². The number of aryl methyl sites for hydroxylation is 1. The third-order valence-electron chi connectivity index (χ3n) is 3.85. The number of aliphatic hydroxyl groups excluding tert-OH is 1. The number of piperidine rings is 1. The molecule has 0 amide bonds. The van der Waals surface area contributed by atoms with Crippen molar-refractivity contribution in [2.75, 3.05) is 19.7 Å². The fourth-order valence-electron chi connectivity index (χ4n) is 2.58. The molecule has 19 heavy (non-hydrogen) atoms. The van der Waals surface area contributed by atoms with Gasteiger partial charge in [-0.25, -0.2) is 0 Å². The predicted octanol–water partition coefficient (Wildman–Crippen LogP) is 2.61. The van der Waals surface area contributed by atoms with Crippen molar-refractivity contribution in [3.63, 3.8) is 0 Å². The summed E-state index contributed by atoms with van der Waals surface area (Å²) in [5, 5.41) is 10.1. The minimum absolute atomic E-state index is 0.367. The molecule has 1 aliphatic rings. The van der Waals surface area contributed by atoms with Gasteiger partial charge in [0.2, 0.25) is 0 Å². The molecule has 1 saturated heterocycles. The zero-order valence-corrected chi connectivity index (χ0v) is 12.0. The molecule has 3 heteroatoms.